The Bertz CT molecular complexity index is 324. The van der Waals surface area contributed by atoms with E-state index in [-0.39, 0.29) is 19.2 Å². The number of nitrogens with zero attached hydrogens (tertiary/aromatic N) is 1. The van der Waals surface area contributed by atoms with Crippen LogP contribution in [0.1, 0.15) is 19.8 Å². The molecular formula is C8H16N2O4S. The van der Waals surface area contributed by atoms with Gasteiger partial charge in [0.05, 0.1) is 6.61 Å². The Morgan fingerprint density at radius 1 is 1.53 bits per heavy atom. The number of carbonyl (C=O) groups excluding carboxylic acids is 1. The first kappa shape index (κ1) is 12.4. The SMILES string of the molecule is CCOC(=O)CN(C)S(=O)(=O)NC1CC1. The molecule has 1 fully saturated rings. The lowest BCUT2D eigenvalue weighted by atomic mass is 10.6. The average Bonchev–Trinajstić information content (AvgIpc) is 2.87. The molecule has 0 aromatic carbocycles. The van der Waals surface area contributed by atoms with Gasteiger partial charge in [0.25, 0.3) is 10.2 Å². The maximum atomic E-state index is 11.5. The Morgan fingerprint density at radius 2 is 2.13 bits per heavy atom. The topological polar surface area (TPSA) is 75.7 Å². The molecule has 7 heteroatoms. The van der Waals surface area contributed by atoms with Crippen molar-refractivity contribution < 1.29 is 17.9 Å². The highest BCUT2D eigenvalue weighted by Crippen LogP contribution is 2.20. The van der Waals surface area contributed by atoms with Crippen molar-refractivity contribution in [3.05, 3.63) is 0 Å². The monoisotopic (exact) mass is 236 g/mol. The van der Waals surface area contributed by atoms with Gasteiger partial charge in [0.15, 0.2) is 0 Å². The number of carbonyl (C=O) groups is 1. The van der Waals surface area contributed by atoms with Crippen LogP contribution in [0.15, 0.2) is 0 Å². The maximum absolute atomic E-state index is 11.5. The molecule has 1 aliphatic carbocycles. The first-order valence-corrected chi connectivity index (χ1v) is 6.29. The van der Waals surface area contributed by atoms with Gasteiger partial charge < -0.3 is 4.74 Å². The zero-order valence-electron chi connectivity index (χ0n) is 8.89. The highest BCUT2D eigenvalue weighted by molar-refractivity contribution is 7.87. The lowest BCUT2D eigenvalue weighted by molar-refractivity contribution is -0.143. The number of esters is 1. The van der Waals surface area contributed by atoms with E-state index in [0.29, 0.717) is 0 Å². The van der Waals surface area contributed by atoms with Crippen molar-refractivity contribution in [2.75, 3.05) is 20.2 Å². The Labute approximate surface area is 89.8 Å². The molecule has 0 saturated heterocycles. The van der Waals surface area contributed by atoms with Gasteiger partial charge in [-0.05, 0) is 19.8 Å². The van der Waals surface area contributed by atoms with Crippen molar-refractivity contribution in [1.29, 1.82) is 0 Å². The van der Waals surface area contributed by atoms with Crippen molar-refractivity contribution in [2.45, 2.75) is 25.8 Å². The summed E-state index contributed by atoms with van der Waals surface area (Å²) in [5.74, 6) is -0.541. The second-order valence-electron chi connectivity index (χ2n) is 3.46. The van der Waals surface area contributed by atoms with E-state index in [1.807, 2.05) is 0 Å². The number of nitrogens with one attached hydrogen (secondary N) is 1. The summed E-state index contributed by atoms with van der Waals surface area (Å²) in [5, 5.41) is 0. The second kappa shape index (κ2) is 4.91. The van der Waals surface area contributed by atoms with E-state index in [4.69, 9.17) is 0 Å². The van der Waals surface area contributed by atoms with Gasteiger partial charge in [0.1, 0.15) is 6.54 Å². The first-order valence-electron chi connectivity index (χ1n) is 4.85. The average molecular weight is 236 g/mol. The van der Waals surface area contributed by atoms with Gasteiger partial charge in [-0.25, -0.2) is 0 Å². The third kappa shape index (κ3) is 4.15. The molecule has 0 heterocycles. The summed E-state index contributed by atoms with van der Waals surface area (Å²) in [5.41, 5.74) is 0. The van der Waals surface area contributed by atoms with Crippen LogP contribution in [0.2, 0.25) is 0 Å². The van der Waals surface area contributed by atoms with Crippen LogP contribution >= 0.6 is 0 Å². The van der Waals surface area contributed by atoms with Crippen LogP contribution in [0.3, 0.4) is 0 Å². The number of likely N-dealkylation sites (N-methyl/N-ethyl adjacent to an activating group) is 1. The Hall–Kier alpha value is -0.660. The zero-order valence-corrected chi connectivity index (χ0v) is 9.71. The third-order valence-electron chi connectivity index (χ3n) is 1.96. The number of rotatable bonds is 6. The quantitative estimate of drug-likeness (QED) is 0.629. The number of ether oxygens (including phenoxy) is 1. The molecule has 0 radical (unpaired) electrons. The highest BCUT2D eigenvalue weighted by Gasteiger charge is 2.30. The van der Waals surface area contributed by atoms with E-state index in [1.54, 1.807) is 6.92 Å². The van der Waals surface area contributed by atoms with Crippen LogP contribution < -0.4 is 4.72 Å². The highest BCUT2D eigenvalue weighted by atomic mass is 32.2. The van der Waals surface area contributed by atoms with E-state index in [1.165, 1.54) is 7.05 Å². The van der Waals surface area contributed by atoms with Crippen molar-refractivity contribution >= 4 is 16.2 Å². The summed E-state index contributed by atoms with van der Waals surface area (Å²) in [6, 6.07) is 0.0413. The lowest BCUT2D eigenvalue weighted by Gasteiger charge is -2.16. The summed E-state index contributed by atoms with van der Waals surface area (Å²) >= 11 is 0. The summed E-state index contributed by atoms with van der Waals surface area (Å²) in [4.78, 5) is 11.0. The number of hydrogen-bond acceptors (Lipinski definition) is 4. The molecule has 0 aromatic rings. The predicted molar refractivity (Wildman–Crippen MR) is 54.3 cm³/mol. The van der Waals surface area contributed by atoms with Crippen molar-refractivity contribution in [1.82, 2.24) is 9.03 Å². The van der Waals surface area contributed by atoms with E-state index in [2.05, 4.69) is 9.46 Å². The minimum atomic E-state index is -3.53. The van der Waals surface area contributed by atoms with Crippen LogP contribution in [-0.4, -0.2) is 44.9 Å². The fraction of sp³-hybridized carbons (Fsp3) is 0.875. The summed E-state index contributed by atoms with van der Waals surface area (Å²) in [7, 11) is -2.18. The molecule has 1 N–H and O–H groups in total. The molecule has 15 heavy (non-hydrogen) atoms. The van der Waals surface area contributed by atoms with Crippen LogP contribution in [0.25, 0.3) is 0 Å². The molecule has 6 nitrogen and oxygen atoms in total. The maximum Gasteiger partial charge on any atom is 0.321 e. The van der Waals surface area contributed by atoms with Crippen molar-refractivity contribution in [3.63, 3.8) is 0 Å². The molecule has 1 aliphatic rings. The van der Waals surface area contributed by atoms with Gasteiger partial charge in [-0.1, -0.05) is 0 Å². The van der Waals surface area contributed by atoms with E-state index in [9.17, 15) is 13.2 Å². The van der Waals surface area contributed by atoms with Crippen molar-refractivity contribution in [2.24, 2.45) is 0 Å². The fourth-order valence-electron chi connectivity index (χ4n) is 0.975. The van der Waals surface area contributed by atoms with E-state index in [0.717, 1.165) is 17.1 Å². The Kier molecular flexibility index (Phi) is 4.06. The van der Waals surface area contributed by atoms with Gasteiger partial charge in [0, 0.05) is 13.1 Å². The van der Waals surface area contributed by atoms with Crippen LogP contribution in [0.4, 0.5) is 0 Å². The third-order valence-corrected chi connectivity index (χ3v) is 3.54. The Balaban J connectivity index is 2.43. The molecule has 0 spiro atoms. The second-order valence-corrected chi connectivity index (χ2v) is 5.27. The van der Waals surface area contributed by atoms with E-state index >= 15 is 0 Å². The standard InChI is InChI=1S/C8H16N2O4S/c1-3-14-8(11)6-10(2)15(12,13)9-7-4-5-7/h7,9H,3-6H2,1-2H3. The molecule has 1 saturated carbocycles. The Morgan fingerprint density at radius 3 is 2.60 bits per heavy atom. The number of hydrogen-bond donors (Lipinski definition) is 1. The minimum Gasteiger partial charge on any atom is -0.465 e. The smallest absolute Gasteiger partial charge is 0.321 e. The predicted octanol–water partition coefficient (Wildman–Crippen LogP) is -0.522. The van der Waals surface area contributed by atoms with Gasteiger partial charge in [-0.15, -0.1) is 0 Å². The largest absolute Gasteiger partial charge is 0.465 e. The van der Waals surface area contributed by atoms with Crippen LogP contribution in [0, 0.1) is 0 Å². The van der Waals surface area contributed by atoms with Gasteiger partial charge in [0.2, 0.25) is 0 Å². The summed E-state index contributed by atoms with van der Waals surface area (Å²) < 4.78 is 31.1. The zero-order chi connectivity index (χ0) is 11.5. The lowest BCUT2D eigenvalue weighted by Crippen LogP contribution is -2.42. The van der Waals surface area contributed by atoms with Gasteiger partial charge in [-0.3, -0.25) is 4.79 Å². The molecule has 0 aliphatic heterocycles. The molecule has 88 valence electrons. The molecule has 0 bridgehead atoms. The van der Waals surface area contributed by atoms with E-state index < -0.39 is 16.2 Å². The van der Waals surface area contributed by atoms with Crippen molar-refractivity contribution in [3.8, 4) is 0 Å². The summed E-state index contributed by atoms with van der Waals surface area (Å²) in [6.45, 7) is 1.67. The fourth-order valence-corrected chi connectivity index (χ4v) is 2.09. The first-order chi connectivity index (χ1) is 6.95. The molecule has 0 amide bonds. The van der Waals surface area contributed by atoms with Crippen LogP contribution in [0.5, 0.6) is 0 Å². The van der Waals surface area contributed by atoms with Gasteiger partial charge in [-0.2, -0.15) is 17.4 Å². The summed E-state index contributed by atoms with van der Waals surface area (Å²) in [6.07, 6.45) is 1.74. The molecule has 0 aromatic heterocycles. The molecule has 0 atom stereocenters. The van der Waals surface area contributed by atoms with Gasteiger partial charge >= 0.3 is 5.97 Å². The normalized spacial score (nSPS) is 16.7. The minimum absolute atomic E-state index is 0.0413. The molecule has 1 rings (SSSR count). The van der Waals surface area contributed by atoms with Crippen LogP contribution in [-0.2, 0) is 19.7 Å². The molecular weight excluding hydrogens is 220 g/mol. The molecule has 0 unspecified atom stereocenters.